The van der Waals surface area contributed by atoms with Crippen molar-refractivity contribution in [3.05, 3.63) is 71.8 Å². The Hall–Kier alpha value is -2.47. The quantitative estimate of drug-likeness (QED) is 0.683. The van der Waals surface area contributed by atoms with Crippen molar-refractivity contribution in [1.82, 2.24) is 4.31 Å². The van der Waals surface area contributed by atoms with Crippen molar-refractivity contribution in [2.24, 2.45) is 21.7 Å². The van der Waals surface area contributed by atoms with Crippen molar-refractivity contribution in [2.75, 3.05) is 12.3 Å². The number of rotatable bonds is 4. The maximum absolute atomic E-state index is 13.3. The molecular weight excluding hydrogens is 408 g/mol. The SMILES string of the molecule is CC1(C)[C@@H]2CC[C@]13CS(=O)(=O)N(C(=O)CN=C(c1ccccc1)c1ccccc1)[C@@H]3C2. The van der Waals surface area contributed by atoms with E-state index >= 15 is 0 Å². The van der Waals surface area contributed by atoms with Gasteiger partial charge in [0, 0.05) is 16.5 Å². The monoisotopic (exact) mass is 436 g/mol. The van der Waals surface area contributed by atoms with Gasteiger partial charge >= 0.3 is 0 Å². The standard InChI is InChI=1S/C25H28N2O3S/c1-24(2)20-13-14-25(24)17-31(29,30)27(21(25)15-20)22(28)16-26-23(18-9-5-3-6-10-18)19-11-7-4-8-12-19/h3-12,20-21H,13-17H2,1-2H3/t20-,21-,25-/m1/s1. The molecule has 3 atom stereocenters. The molecule has 3 aliphatic rings. The summed E-state index contributed by atoms with van der Waals surface area (Å²) < 4.78 is 27.5. The molecular formula is C25H28N2O3S. The summed E-state index contributed by atoms with van der Waals surface area (Å²) >= 11 is 0. The van der Waals surface area contributed by atoms with Gasteiger partial charge in [0.1, 0.15) is 6.54 Å². The Morgan fingerprint density at radius 3 is 2.16 bits per heavy atom. The van der Waals surface area contributed by atoms with Crippen molar-refractivity contribution in [2.45, 2.75) is 39.2 Å². The molecule has 2 saturated carbocycles. The van der Waals surface area contributed by atoms with Gasteiger partial charge in [0.25, 0.3) is 5.91 Å². The minimum atomic E-state index is -3.62. The van der Waals surface area contributed by atoms with Crippen LogP contribution in [0.2, 0.25) is 0 Å². The fourth-order valence-corrected chi connectivity index (χ4v) is 8.92. The molecule has 6 heteroatoms. The van der Waals surface area contributed by atoms with Crippen LogP contribution in [0.1, 0.15) is 44.2 Å². The normalized spacial score (nSPS) is 29.5. The summed E-state index contributed by atoms with van der Waals surface area (Å²) in [7, 11) is -3.62. The summed E-state index contributed by atoms with van der Waals surface area (Å²) in [4.78, 5) is 17.9. The molecule has 1 aliphatic heterocycles. The molecule has 2 aromatic carbocycles. The third-order valence-electron chi connectivity index (χ3n) is 8.12. The van der Waals surface area contributed by atoms with Crippen molar-refractivity contribution < 1.29 is 13.2 Å². The molecule has 162 valence electrons. The summed E-state index contributed by atoms with van der Waals surface area (Å²) in [5.74, 6) is 0.166. The predicted molar refractivity (Wildman–Crippen MR) is 121 cm³/mol. The van der Waals surface area contributed by atoms with E-state index in [2.05, 4.69) is 18.8 Å². The van der Waals surface area contributed by atoms with Gasteiger partial charge in [-0.05, 0) is 30.6 Å². The highest BCUT2D eigenvalue weighted by atomic mass is 32.2. The number of nitrogens with zero attached hydrogens (tertiary/aromatic N) is 2. The number of carbonyl (C=O) groups is 1. The van der Waals surface area contributed by atoms with Crippen molar-refractivity contribution in [1.29, 1.82) is 0 Å². The second-order valence-electron chi connectivity index (χ2n) is 9.71. The fraction of sp³-hybridized carbons (Fsp3) is 0.440. The number of benzene rings is 2. The molecule has 0 unspecified atom stereocenters. The van der Waals surface area contributed by atoms with Crippen LogP contribution in [0, 0.1) is 16.7 Å². The lowest BCUT2D eigenvalue weighted by molar-refractivity contribution is -0.127. The van der Waals surface area contributed by atoms with Crippen molar-refractivity contribution >= 4 is 21.6 Å². The maximum Gasteiger partial charge on any atom is 0.257 e. The molecule has 5 nitrogen and oxygen atoms in total. The summed E-state index contributed by atoms with van der Waals surface area (Å²) in [5.41, 5.74) is 2.15. The highest BCUT2D eigenvalue weighted by Crippen LogP contribution is 2.69. The van der Waals surface area contributed by atoms with Crippen LogP contribution in [0.25, 0.3) is 0 Å². The third kappa shape index (κ3) is 2.99. The van der Waals surface area contributed by atoms with E-state index in [1.54, 1.807) is 0 Å². The number of carbonyl (C=O) groups excluding carboxylic acids is 1. The Morgan fingerprint density at radius 2 is 1.61 bits per heavy atom. The van der Waals surface area contributed by atoms with Gasteiger partial charge in [-0.1, -0.05) is 74.5 Å². The number of sulfonamides is 1. The Labute approximate surface area is 184 Å². The van der Waals surface area contributed by atoms with Gasteiger partial charge in [0.2, 0.25) is 10.0 Å². The largest absolute Gasteiger partial charge is 0.274 e. The number of amides is 1. The van der Waals surface area contributed by atoms with Gasteiger partial charge in [-0.3, -0.25) is 9.79 Å². The van der Waals surface area contributed by atoms with Crippen LogP contribution < -0.4 is 0 Å². The molecule has 31 heavy (non-hydrogen) atoms. The second-order valence-corrected chi connectivity index (χ2v) is 11.6. The third-order valence-corrected chi connectivity index (χ3v) is 10.1. The van der Waals surface area contributed by atoms with E-state index in [1.807, 2.05) is 60.7 Å². The van der Waals surface area contributed by atoms with E-state index in [0.717, 1.165) is 30.4 Å². The Kier molecular flexibility index (Phi) is 4.63. The van der Waals surface area contributed by atoms with E-state index < -0.39 is 15.9 Å². The average Bonchev–Trinajstić information content (AvgIpc) is 3.23. The minimum absolute atomic E-state index is 0.0533. The van der Waals surface area contributed by atoms with Crippen LogP contribution in [0.4, 0.5) is 0 Å². The Morgan fingerprint density at radius 1 is 1.03 bits per heavy atom. The first kappa shape index (κ1) is 20.4. The lowest BCUT2D eigenvalue weighted by Gasteiger charge is -2.37. The molecule has 0 aromatic heterocycles. The summed E-state index contributed by atoms with van der Waals surface area (Å²) in [5, 5.41) is 0. The van der Waals surface area contributed by atoms with Gasteiger partial charge in [0.15, 0.2) is 0 Å². The van der Waals surface area contributed by atoms with Crippen LogP contribution in [0.3, 0.4) is 0 Å². The molecule has 2 bridgehead atoms. The van der Waals surface area contributed by atoms with E-state index in [0.29, 0.717) is 11.6 Å². The predicted octanol–water partition coefficient (Wildman–Crippen LogP) is 3.89. The Balaban J connectivity index is 1.47. The highest BCUT2D eigenvalue weighted by Gasteiger charge is 2.72. The van der Waals surface area contributed by atoms with Crippen LogP contribution >= 0.6 is 0 Å². The van der Waals surface area contributed by atoms with Crippen LogP contribution in [0.5, 0.6) is 0 Å². The van der Waals surface area contributed by atoms with Crippen molar-refractivity contribution in [3.8, 4) is 0 Å². The van der Waals surface area contributed by atoms with E-state index in [9.17, 15) is 13.2 Å². The first-order valence-corrected chi connectivity index (χ1v) is 12.6. The zero-order chi connectivity index (χ0) is 21.9. The zero-order valence-electron chi connectivity index (χ0n) is 18.0. The topological polar surface area (TPSA) is 66.8 Å². The van der Waals surface area contributed by atoms with E-state index in [-0.39, 0.29) is 29.2 Å². The zero-order valence-corrected chi connectivity index (χ0v) is 18.8. The maximum atomic E-state index is 13.3. The van der Waals surface area contributed by atoms with Gasteiger partial charge < -0.3 is 0 Å². The average molecular weight is 437 g/mol. The Bertz CT molecular complexity index is 1100. The number of fused-ring (bicyclic) bond motifs is 1. The van der Waals surface area contributed by atoms with Gasteiger partial charge in [-0.25, -0.2) is 12.7 Å². The first-order chi connectivity index (χ1) is 14.8. The second kappa shape index (κ2) is 7.02. The summed E-state index contributed by atoms with van der Waals surface area (Å²) in [6.07, 6.45) is 2.73. The lowest BCUT2D eigenvalue weighted by Crippen LogP contribution is -2.45. The smallest absolute Gasteiger partial charge is 0.257 e. The highest BCUT2D eigenvalue weighted by molar-refractivity contribution is 7.90. The molecule has 0 radical (unpaired) electrons. The van der Waals surface area contributed by atoms with E-state index in [4.69, 9.17) is 0 Å². The number of aliphatic imine (C=N–C) groups is 1. The molecule has 2 aliphatic carbocycles. The van der Waals surface area contributed by atoms with Crippen LogP contribution in [-0.4, -0.2) is 42.7 Å². The van der Waals surface area contributed by atoms with Gasteiger partial charge in [-0.2, -0.15) is 0 Å². The molecule has 5 rings (SSSR count). The summed E-state index contributed by atoms with van der Waals surface area (Å²) in [6.45, 7) is 4.21. The molecule has 3 fully saturated rings. The van der Waals surface area contributed by atoms with Gasteiger partial charge in [0.05, 0.1) is 17.5 Å². The molecule has 1 saturated heterocycles. The first-order valence-electron chi connectivity index (χ1n) is 11.0. The van der Waals surface area contributed by atoms with Crippen LogP contribution in [-0.2, 0) is 14.8 Å². The number of hydrogen-bond acceptors (Lipinski definition) is 4. The molecule has 1 amide bonds. The summed E-state index contributed by atoms with van der Waals surface area (Å²) in [6, 6.07) is 19.2. The van der Waals surface area contributed by atoms with Crippen LogP contribution in [0.15, 0.2) is 65.7 Å². The molecule has 0 N–H and O–H groups in total. The fourth-order valence-electron chi connectivity index (χ4n) is 6.37. The van der Waals surface area contributed by atoms with E-state index in [1.165, 1.54) is 4.31 Å². The molecule has 1 spiro atoms. The minimum Gasteiger partial charge on any atom is -0.274 e. The molecule has 2 aromatic rings. The lowest BCUT2D eigenvalue weighted by atomic mass is 9.69. The van der Waals surface area contributed by atoms with Crippen molar-refractivity contribution in [3.63, 3.8) is 0 Å². The number of hydrogen-bond donors (Lipinski definition) is 0. The molecule has 1 heterocycles. The van der Waals surface area contributed by atoms with Gasteiger partial charge in [-0.15, -0.1) is 0 Å².